The highest BCUT2D eigenvalue weighted by molar-refractivity contribution is 6.19. The molecule has 5 heteroatoms. The van der Waals surface area contributed by atoms with E-state index in [4.69, 9.17) is 15.0 Å². The van der Waals surface area contributed by atoms with E-state index in [0.717, 1.165) is 55.3 Å². The third-order valence-electron chi connectivity index (χ3n) is 14.5. The van der Waals surface area contributed by atoms with Gasteiger partial charge in [0.05, 0.1) is 22.1 Å². The van der Waals surface area contributed by atoms with Crippen molar-refractivity contribution in [2.24, 2.45) is 5.92 Å². The summed E-state index contributed by atoms with van der Waals surface area (Å²) in [5.74, 6) is 2.38. The van der Waals surface area contributed by atoms with Crippen LogP contribution in [0.25, 0.3) is 100 Å². The monoisotopic (exact) mass is 839 g/mol. The van der Waals surface area contributed by atoms with Gasteiger partial charge in [-0.1, -0.05) is 180 Å². The minimum Gasteiger partial charge on any atom is -0.309 e. The Bertz CT molecular complexity index is 3630. The summed E-state index contributed by atoms with van der Waals surface area (Å²) in [6.07, 6.45) is 1.18. The quantitative estimate of drug-likeness (QED) is 0.168. The molecule has 1 aliphatic carbocycles. The number of hydrogen-bond acceptors (Lipinski definition) is 3. The molecule has 1 unspecified atom stereocenters. The molecule has 1 aliphatic rings. The largest absolute Gasteiger partial charge is 0.309 e. The second kappa shape index (κ2) is 14.7. The van der Waals surface area contributed by atoms with E-state index in [1.54, 1.807) is 0 Å². The van der Waals surface area contributed by atoms with Gasteiger partial charge in [0.1, 0.15) is 0 Å². The summed E-state index contributed by atoms with van der Waals surface area (Å²) in [7, 11) is 0. The second-order valence-electron chi connectivity index (χ2n) is 19.2. The van der Waals surface area contributed by atoms with E-state index < -0.39 is 0 Å². The Morgan fingerprint density at radius 3 is 1.68 bits per heavy atom. The fraction of sp³-hybridized carbons (Fsp3) is 0.150. The van der Waals surface area contributed by atoms with Crippen LogP contribution in [0.15, 0.2) is 188 Å². The van der Waals surface area contributed by atoms with Gasteiger partial charge in [-0.2, -0.15) is 9.97 Å². The first-order valence-corrected chi connectivity index (χ1v) is 22.8. The van der Waals surface area contributed by atoms with Gasteiger partial charge in [0.15, 0.2) is 11.6 Å². The summed E-state index contributed by atoms with van der Waals surface area (Å²) in [4.78, 5) is 15.8. The highest BCUT2D eigenvalue weighted by atomic mass is 15.2. The van der Waals surface area contributed by atoms with E-state index in [0.29, 0.717) is 23.5 Å². The fourth-order valence-electron chi connectivity index (χ4n) is 10.9. The van der Waals surface area contributed by atoms with Gasteiger partial charge in [-0.05, 0) is 99.0 Å². The van der Waals surface area contributed by atoms with Gasteiger partial charge in [0.2, 0.25) is 5.95 Å². The molecule has 0 saturated carbocycles. The fourth-order valence-corrected chi connectivity index (χ4v) is 10.9. The summed E-state index contributed by atoms with van der Waals surface area (Å²) >= 11 is 0. The van der Waals surface area contributed by atoms with Crippen LogP contribution in [-0.2, 0) is 10.8 Å². The normalized spacial score (nSPS) is 15.5. The van der Waals surface area contributed by atoms with E-state index in [1.807, 2.05) is 24.3 Å². The van der Waals surface area contributed by atoms with E-state index >= 15 is 0 Å². The maximum Gasteiger partial charge on any atom is 0.238 e. The van der Waals surface area contributed by atoms with Crippen LogP contribution in [0.4, 0.5) is 0 Å². The molecule has 3 heterocycles. The van der Waals surface area contributed by atoms with Gasteiger partial charge in [-0.3, -0.25) is 4.57 Å². The Balaban J connectivity index is 1.07. The number of aromatic nitrogens is 5. The van der Waals surface area contributed by atoms with Crippen LogP contribution in [0.1, 0.15) is 52.2 Å². The van der Waals surface area contributed by atoms with E-state index in [9.17, 15) is 0 Å². The van der Waals surface area contributed by atoms with E-state index in [2.05, 4.69) is 208 Å². The minimum absolute atomic E-state index is 0.0597. The molecule has 314 valence electrons. The molecule has 0 saturated heterocycles. The van der Waals surface area contributed by atoms with Crippen LogP contribution in [0, 0.1) is 5.92 Å². The lowest BCUT2D eigenvalue weighted by atomic mass is 9.57. The maximum atomic E-state index is 5.34. The smallest absolute Gasteiger partial charge is 0.238 e. The first-order valence-electron chi connectivity index (χ1n) is 22.8. The number of fused-ring (bicyclic) bond motifs is 7. The van der Waals surface area contributed by atoms with Crippen LogP contribution in [-0.4, -0.2) is 24.1 Å². The summed E-state index contributed by atoms with van der Waals surface area (Å²) in [5.41, 5.74) is 15.3. The van der Waals surface area contributed by atoms with Gasteiger partial charge in [0, 0.05) is 38.4 Å². The third kappa shape index (κ3) is 6.24. The van der Waals surface area contributed by atoms with Crippen molar-refractivity contribution in [1.82, 2.24) is 24.1 Å². The lowest BCUT2D eigenvalue weighted by molar-refractivity contribution is 0.234. The van der Waals surface area contributed by atoms with Crippen molar-refractivity contribution in [2.45, 2.75) is 51.9 Å². The molecule has 0 fully saturated rings. The van der Waals surface area contributed by atoms with Crippen molar-refractivity contribution in [3.63, 3.8) is 0 Å². The maximum absolute atomic E-state index is 5.34. The molecular formula is C60H49N5. The molecule has 0 amide bonds. The average Bonchev–Trinajstić information content (AvgIpc) is 3.85. The van der Waals surface area contributed by atoms with Gasteiger partial charge in [-0.15, -0.1) is 0 Å². The van der Waals surface area contributed by atoms with E-state index in [-0.39, 0.29) is 10.8 Å². The van der Waals surface area contributed by atoms with Crippen LogP contribution in [0.3, 0.4) is 0 Å². The molecule has 5 nitrogen and oxygen atoms in total. The van der Waals surface area contributed by atoms with Crippen molar-refractivity contribution >= 4 is 43.6 Å². The zero-order valence-corrected chi connectivity index (χ0v) is 37.4. The van der Waals surface area contributed by atoms with Crippen LogP contribution in [0.2, 0.25) is 0 Å². The SMILES string of the molecule is CC1CC(C)(C)c2cccc(-c3ccc(-n4c5ccccc5c5cc6c7ccccc7n(-c7nc(-c8ccccc8)nc(-c8cccc(-c9ccccc9)c8)n7)c6cc54)cc3)c2C1(C)C. The van der Waals surface area contributed by atoms with Crippen LogP contribution < -0.4 is 0 Å². The van der Waals surface area contributed by atoms with E-state index in [1.165, 1.54) is 45.0 Å². The Morgan fingerprint density at radius 1 is 0.431 bits per heavy atom. The average molecular weight is 840 g/mol. The highest BCUT2D eigenvalue weighted by Gasteiger charge is 2.43. The van der Waals surface area contributed by atoms with Crippen molar-refractivity contribution in [3.05, 3.63) is 199 Å². The number of hydrogen-bond donors (Lipinski definition) is 0. The Morgan fingerprint density at radius 2 is 0.985 bits per heavy atom. The van der Waals surface area contributed by atoms with Crippen molar-refractivity contribution in [1.29, 1.82) is 0 Å². The van der Waals surface area contributed by atoms with Crippen LogP contribution >= 0.6 is 0 Å². The molecule has 0 bridgehead atoms. The first kappa shape index (κ1) is 39.0. The summed E-state index contributed by atoms with van der Waals surface area (Å²) in [6, 6.07) is 67.5. The predicted octanol–water partition coefficient (Wildman–Crippen LogP) is 15.3. The molecule has 11 aromatic rings. The lowest BCUT2D eigenvalue weighted by Gasteiger charge is -2.47. The topological polar surface area (TPSA) is 48.5 Å². The lowest BCUT2D eigenvalue weighted by Crippen LogP contribution is -2.40. The van der Waals surface area contributed by atoms with Gasteiger partial charge < -0.3 is 4.57 Å². The van der Waals surface area contributed by atoms with Crippen molar-refractivity contribution < 1.29 is 0 Å². The zero-order valence-electron chi connectivity index (χ0n) is 37.4. The number of rotatable bonds is 6. The molecule has 0 spiro atoms. The number of nitrogens with zero attached hydrogens (tertiary/aromatic N) is 5. The molecule has 0 radical (unpaired) electrons. The molecule has 65 heavy (non-hydrogen) atoms. The molecule has 3 aromatic heterocycles. The number of para-hydroxylation sites is 2. The van der Waals surface area contributed by atoms with Crippen molar-refractivity contribution in [2.75, 3.05) is 0 Å². The Hall–Kier alpha value is -7.63. The standard InChI is InChI=1S/C60H49N5/c1-38-37-59(2,3)50-27-17-26-45(55(50)60(38,4)5)40-30-32-44(33-31-40)64-51-28-14-12-24-46(51)48-35-49-47-25-13-15-29-52(47)65(54(49)36-53(48)64)58-62-56(41-20-10-7-11-21-41)61-57(63-58)43-23-16-22-42(34-43)39-18-8-6-9-19-39/h6-36,38H,37H2,1-5H3. The van der Waals surface area contributed by atoms with Gasteiger partial charge in [-0.25, -0.2) is 4.98 Å². The molecule has 0 aliphatic heterocycles. The first-order chi connectivity index (χ1) is 31.6. The minimum atomic E-state index is 0.0597. The summed E-state index contributed by atoms with van der Waals surface area (Å²) in [5, 5.41) is 4.71. The number of benzene rings is 8. The molecule has 8 aromatic carbocycles. The third-order valence-corrected chi connectivity index (χ3v) is 14.5. The summed E-state index contributed by atoms with van der Waals surface area (Å²) in [6.45, 7) is 12.1. The highest BCUT2D eigenvalue weighted by Crippen LogP contribution is 2.52. The second-order valence-corrected chi connectivity index (χ2v) is 19.2. The predicted molar refractivity (Wildman–Crippen MR) is 270 cm³/mol. The Labute approximate surface area is 379 Å². The summed E-state index contributed by atoms with van der Waals surface area (Å²) < 4.78 is 4.66. The molecule has 1 atom stereocenters. The molecule has 0 N–H and O–H groups in total. The molecule has 12 rings (SSSR count). The van der Waals surface area contributed by atoms with Crippen LogP contribution in [0.5, 0.6) is 0 Å². The van der Waals surface area contributed by atoms with Crippen molar-refractivity contribution in [3.8, 4) is 56.7 Å². The van der Waals surface area contributed by atoms with Gasteiger partial charge in [0.25, 0.3) is 0 Å². The van der Waals surface area contributed by atoms with Gasteiger partial charge >= 0.3 is 0 Å². The molecular weight excluding hydrogens is 791 g/mol. The zero-order chi connectivity index (χ0) is 44.0. The Kier molecular flexibility index (Phi) is 8.83.